The minimum Gasteiger partial charge on any atom is -0.339 e. The molecule has 0 saturated carbocycles. The number of nitrogens with zero attached hydrogens (tertiary/aromatic N) is 2. The molecule has 2 rings (SSSR count). The summed E-state index contributed by atoms with van der Waals surface area (Å²) >= 11 is 0. The van der Waals surface area contributed by atoms with Crippen LogP contribution in [0, 0.1) is 0 Å². The first kappa shape index (κ1) is 15.5. The zero-order valence-corrected chi connectivity index (χ0v) is 13.9. The minimum absolute atomic E-state index is 0.111. The Morgan fingerprint density at radius 3 is 1.86 bits per heavy atom. The highest BCUT2D eigenvalue weighted by Crippen LogP contribution is 2.32. The molecule has 3 heteroatoms. The minimum atomic E-state index is 0.111. The van der Waals surface area contributed by atoms with Crippen LogP contribution in [0.4, 0.5) is 11.5 Å². The fraction of sp³-hybridized carbons (Fsp3) is 0.444. The Kier molecular flexibility index (Phi) is 4.04. The van der Waals surface area contributed by atoms with Gasteiger partial charge in [0, 0.05) is 11.9 Å². The second-order valence-corrected chi connectivity index (χ2v) is 7.53. The van der Waals surface area contributed by atoms with Crippen LogP contribution in [0.2, 0.25) is 0 Å². The zero-order chi connectivity index (χ0) is 15.7. The van der Waals surface area contributed by atoms with E-state index in [4.69, 9.17) is 0 Å². The van der Waals surface area contributed by atoms with Crippen LogP contribution >= 0.6 is 0 Å². The van der Waals surface area contributed by atoms with Gasteiger partial charge in [-0.2, -0.15) is 5.10 Å². The third-order valence-electron chi connectivity index (χ3n) is 3.51. The van der Waals surface area contributed by atoms with Gasteiger partial charge in [0.05, 0.1) is 0 Å². The summed E-state index contributed by atoms with van der Waals surface area (Å²) in [6.07, 6.45) is 1.68. The van der Waals surface area contributed by atoms with Crippen molar-refractivity contribution in [2.24, 2.45) is 0 Å². The zero-order valence-electron chi connectivity index (χ0n) is 13.9. The molecule has 1 aromatic heterocycles. The lowest BCUT2D eigenvalue weighted by Crippen LogP contribution is -2.16. The van der Waals surface area contributed by atoms with Crippen LogP contribution in [-0.4, -0.2) is 10.2 Å². The number of anilines is 2. The quantitative estimate of drug-likeness (QED) is 0.859. The molecule has 0 aliphatic heterocycles. The highest BCUT2D eigenvalue weighted by Gasteiger charge is 2.20. The van der Waals surface area contributed by atoms with E-state index in [2.05, 4.69) is 75.3 Å². The molecule has 0 aliphatic rings. The molecule has 0 fully saturated rings. The number of hydrogen-bond donors (Lipinski definition) is 1. The number of hydrogen-bond acceptors (Lipinski definition) is 3. The van der Waals surface area contributed by atoms with E-state index >= 15 is 0 Å². The molecular formula is C18H25N3. The molecule has 0 atom stereocenters. The van der Waals surface area contributed by atoms with Crippen molar-refractivity contribution in [1.82, 2.24) is 10.2 Å². The van der Waals surface area contributed by atoms with Gasteiger partial charge in [-0.15, -0.1) is 5.10 Å². The fourth-order valence-corrected chi connectivity index (χ4v) is 2.08. The summed E-state index contributed by atoms with van der Waals surface area (Å²) in [4.78, 5) is 0. The first-order valence-electron chi connectivity index (χ1n) is 7.37. The predicted molar refractivity (Wildman–Crippen MR) is 89.2 cm³/mol. The molecule has 0 aliphatic carbocycles. The monoisotopic (exact) mass is 283 g/mol. The molecule has 21 heavy (non-hydrogen) atoms. The van der Waals surface area contributed by atoms with Gasteiger partial charge in [0.2, 0.25) is 0 Å². The Balaban J connectivity index is 2.45. The van der Waals surface area contributed by atoms with Crippen molar-refractivity contribution >= 4 is 11.5 Å². The van der Waals surface area contributed by atoms with Crippen molar-refractivity contribution in [2.75, 3.05) is 5.32 Å². The van der Waals surface area contributed by atoms with Crippen LogP contribution in [-0.2, 0) is 10.8 Å². The molecule has 1 N–H and O–H groups in total. The van der Waals surface area contributed by atoms with E-state index in [0.717, 1.165) is 11.5 Å². The van der Waals surface area contributed by atoms with Gasteiger partial charge < -0.3 is 5.32 Å². The van der Waals surface area contributed by atoms with Gasteiger partial charge >= 0.3 is 0 Å². The maximum atomic E-state index is 4.10. The SMILES string of the molecule is CC(C)(C)c1cc(Nc2cccnn2)cc(C(C)(C)C)c1. The molecule has 0 radical (unpaired) electrons. The number of nitrogens with one attached hydrogen (secondary N) is 1. The highest BCUT2D eigenvalue weighted by molar-refractivity contribution is 5.59. The van der Waals surface area contributed by atoms with Crippen LogP contribution in [0.3, 0.4) is 0 Å². The van der Waals surface area contributed by atoms with Gasteiger partial charge in [-0.3, -0.25) is 0 Å². The third kappa shape index (κ3) is 4.03. The fourth-order valence-electron chi connectivity index (χ4n) is 2.08. The molecule has 1 aromatic carbocycles. The van der Waals surface area contributed by atoms with Crippen molar-refractivity contribution in [3.63, 3.8) is 0 Å². The van der Waals surface area contributed by atoms with Crippen molar-refractivity contribution in [3.8, 4) is 0 Å². The first-order valence-corrected chi connectivity index (χ1v) is 7.37. The van der Waals surface area contributed by atoms with Crippen LogP contribution in [0.5, 0.6) is 0 Å². The third-order valence-corrected chi connectivity index (χ3v) is 3.51. The van der Waals surface area contributed by atoms with Gasteiger partial charge in [-0.1, -0.05) is 47.6 Å². The van der Waals surface area contributed by atoms with E-state index in [1.165, 1.54) is 11.1 Å². The first-order chi connectivity index (χ1) is 9.66. The summed E-state index contributed by atoms with van der Waals surface area (Å²) in [6.45, 7) is 13.4. The Hall–Kier alpha value is -1.90. The summed E-state index contributed by atoms with van der Waals surface area (Å²) in [7, 11) is 0. The van der Waals surface area contributed by atoms with Crippen LogP contribution in [0.25, 0.3) is 0 Å². The summed E-state index contributed by atoms with van der Waals surface area (Å²) in [6, 6.07) is 10.5. The van der Waals surface area contributed by atoms with E-state index in [9.17, 15) is 0 Å². The van der Waals surface area contributed by atoms with E-state index in [0.29, 0.717) is 0 Å². The van der Waals surface area contributed by atoms with Crippen molar-refractivity contribution in [1.29, 1.82) is 0 Å². The van der Waals surface area contributed by atoms with E-state index in [-0.39, 0.29) is 10.8 Å². The molecule has 0 saturated heterocycles. The largest absolute Gasteiger partial charge is 0.339 e. The average Bonchev–Trinajstić information content (AvgIpc) is 2.37. The second-order valence-electron chi connectivity index (χ2n) is 7.53. The molecular weight excluding hydrogens is 258 g/mol. The summed E-state index contributed by atoms with van der Waals surface area (Å²) in [5, 5.41) is 11.4. The Morgan fingerprint density at radius 2 is 1.43 bits per heavy atom. The summed E-state index contributed by atoms with van der Waals surface area (Å²) in [5.41, 5.74) is 3.93. The molecule has 0 bridgehead atoms. The van der Waals surface area contributed by atoms with Crippen molar-refractivity contribution < 1.29 is 0 Å². The molecule has 3 nitrogen and oxygen atoms in total. The second kappa shape index (κ2) is 5.47. The average molecular weight is 283 g/mol. The van der Waals surface area contributed by atoms with Crippen LogP contribution < -0.4 is 5.32 Å². The molecule has 2 aromatic rings. The van der Waals surface area contributed by atoms with Gasteiger partial charge in [0.15, 0.2) is 5.82 Å². The number of benzene rings is 1. The molecule has 1 heterocycles. The Bertz CT molecular complexity index is 572. The lowest BCUT2D eigenvalue weighted by molar-refractivity contribution is 0.569. The maximum Gasteiger partial charge on any atom is 0.153 e. The highest BCUT2D eigenvalue weighted by atomic mass is 15.2. The lowest BCUT2D eigenvalue weighted by Gasteiger charge is -2.26. The normalized spacial score (nSPS) is 12.3. The topological polar surface area (TPSA) is 37.8 Å². The molecule has 0 spiro atoms. The Labute approximate surface area is 127 Å². The molecule has 112 valence electrons. The predicted octanol–water partition coefficient (Wildman–Crippen LogP) is 4.82. The van der Waals surface area contributed by atoms with Gasteiger partial charge in [-0.05, 0) is 46.2 Å². The van der Waals surface area contributed by atoms with Crippen molar-refractivity contribution in [3.05, 3.63) is 47.7 Å². The smallest absolute Gasteiger partial charge is 0.153 e. The van der Waals surface area contributed by atoms with Gasteiger partial charge in [-0.25, -0.2) is 0 Å². The number of aromatic nitrogens is 2. The lowest BCUT2D eigenvalue weighted by atomic mass is 9.80. The molecule has 0 unspecified atom stereocenters. The van der Waals surface area contributed by atoms with Crippen LogP contribution in [0.15, 0.2) is 36.5 Å². The standard InChI is InChI=1S/C18H25N3/c1-17(2,3)13-10-14(18(4,5)6)12-15(11-13)20-16-8-7-9-19-21-16/h7-12H,1-6H3,(H,20,21). The van der Waals surface area contributed by atoms with Gasteiger partial charge in [0.1, 0.15) is 0 Å². The van der Waals surface area contributed by atoms with Gasteiger partial charge in [0.25, 0.3) is 0 Å². The summed E-state index contributed by atoms with van der Waals surface area (Å²) < 4.78 is 0. The number of rotatable bonds is 2. The maximum absolute atomic E-state index is 4.10. The van der Waals surface area contributed by atoms with E-state index in [1.54, 1.807) is 6.20 Å². The van der Waals surface area contributed by atoms with Crippen LogP contribution in [0.1, 0.15) is 52.7 Å². The van der Waals surface area contributed by atoms with E-state index in [1.807, 2.05) is 12.1 Å². The summed E-state index contributed by atoms with van der Waals surface area (Å²) in [5.74, 6) is 0.767. The molecule has 0 amide bonds. The van der Waals surface area contributed by atoms with Crippen molar-refractivity contribution in [2.45, 2.75) is 52.4 Å². The van der Waals surface area contributed by atoms with E-state index < -0.39 is 0 Å². The Morgan fingerprint density at radius 1 is 0.857 bits per heavy atom.